The summed E-state index contributed by atoms with van der Waals surface area (Å²) in [4.78, 5) is 21.0. The van der Waals surface area contributed by atoms with Crippen molar-refractivity contribution in [3.63, 3.8) is 0 Å². The highest BCUT2D eigenvalue weighted by molar-refractivity contribution is 5.92. The number of amides is 1. The molecule has 0 aliphatic heterocycles. The zero-order valence-electron chi connectivity index (χ0n) is 16.4. The van der Waals surface area contributed by atoms with Crippen LogP contribution in [0.4, 0.5) is 10.2 Å². The van der Waals surface area contributed by atoms with E-state index in [9.17, 15) is 9.18 Å². The zero-order chi connectivity index (χ0) is 20.6. The van der Waals surface area contributed by atoms with Gasteiger partial charge in [-0.3, -0.25) is 4.79 Å². The van der Waals surface area contributed by atoms with Gasteiger partial charge in [0.2, 0.25) is 0 Å². The maximum atomic E-state index is 12.9. The van der Waals surface area contributed by atoms with Gasteiger partial charge in [-0.15, -0.1) is 0 Å². The number of anilines is 1. The first-order valence-electron chi connectivity index (χ1n) is 9.28. The summed E-state index contributed by atoms with van der Waals surface area (Å²) in [6.07, 6.45) is 0.610. The Morgan fingerprint density at radius 2 is 1.72 bits per heavy atom. The average molecular weight is 394 g/mol. The maximum absolute atomic E-state index is 12.9. The topological polar surface area (TPSA) is 76.1 Å². The largest absolute Gasteiger partial charge is 0.497 e. The van der Waals surface area contributed by atoms with Crippen molar-refractivity contribution in [2.45, 2.75) is 19.9 Å². The molecule has 0 radical (unpaired) electrons. The van der Waals surface area contributed by atoms with E-state index in [0.29, 0.717) is 36.8 Å². The van der Waals surface area contributed by atoms with Crippen LogP contribution in [-0.2, 0) is 13.0 Å². The molecule has 150 valence electrons. The number of nitrogens with zero attached hydrogens (tertiary/aromatic N) is 2. The second-order valence-electron chi connectivity index (χ2n) is 6.52. The average Bonchev–Trinajstić information content (AvgIpc) is 2.73. The first kappa shape index (κ1) is 20.3. The second kappa shape index (κ2) is 9.64. The van der Waals surface area contributed by atoms with Crippen molar-refractivity contribution in [3.8, 4) is 5.75 Å². The summed E-state index contributed by atoms with van der Waals surface area (Å²) < 4.78 is 18.1. The minimum Gasteiger partial charge on any atom is -0.497 e. The Labute approximate surface area is 169 Å². The number of ether oxygens (including phenoxy) is 1. The number of carbonyl (C=O) groups excluding carboxylic acids is 1. The van der Waals surface area contributed by atoms with Crippen LogP contribution in [0.25, 0.3) is 0 Å². The van der Waals surface area contributed by atoms with E-state index in [2.05, 4.69) is 20.6 Å². The molecule has 0 saturated heterocycles. The lowest BCUT2D eigenvalue weighted by Crippen LogP contribution is -2.27. The predicted octanol–water partition coefficient (Wildman–Crippen LogP) is 3.52. The van der Waals surface area contributed by atoms with Crippen LogP contribution in [-0.4, -0.2) is 29.5 Å². The Balaban J connectivity index is 1.56. The van der Waals surface area contributed by atoms with E-state index < -0.39 is 0 Å². The van der Waals surface area contributed by atoms with Crippen molar-refractivity contribution < 1.29 is 13.9 Å². The molecule has 0 spiro atoms. The highest BCUT2D eigenvalue weighted by Gasteiger charge is 2.10. The van der Waals surface area contributed by atoms with Crippen molar-refractivity contribution in [1.29, 1.82) is 0 Å². The van der Waals surface area contributed by atoms with E-state index in [1.807, 2.05) is 24.3 Å². The summed E-state index contributed by atoms with van der Waals surface area (Å²) in [7, 11) is 1.63. The summed E-state index contributed by atoms with van der Waals surface area (Å²) in [6, 6.07) is 15.6. The molecule has 0 aliphatic rings. The number of hydrogen-bond donors (Lipinski definition) is 2. The molecule has 0 aliphatic carbocycles. The molecule has 0 fully saturated rings. The smallest absolute Gasteiger partial charge is 0.270 e. The summed E-state index contributed by atoms with van der Waals surface area (Å²) in [5, 5.41) is 6.05. The van der Waals surface area contributed by atoms with Crippen LogP contribution in [0.5, 0.6) is 5.75 Å². The molecule has 6 nitrogen and oxygen atoms in total. The molecule has 0 saturated carbocycles. The van der Waals surface area contributed by atoms with Crippen molar-refractivity contribution >= 4 is 11.7 Å². The van der Waals surface area contributed by atoms with E-state index in [0.717, 1.165) is 16.9 Å². The monoisotopic (exact) mass is 394 g/mol. The standard InChI is InChI=1S/C22H23FN4O2/c1-15-26-20(22(28)24-12-11-16-3-7-18(23)8-4-16)13-21(27-15)25-14-17-5-9-19(29-2)10-6-17/h3-10,13H,11-12,14H2,1-2H3,(H,24,28)(H,25,26,27). The number of carbonyl (C=O) groups is 1. The van der Waals surface area contributed by atoms with Crippen LogP contribution in [0.1, 0.15) is 27.4 Å². The molecule has 2 aromatic carbocycles. The van der Waals surface area contributed by atoms with Gasteiger partial charge in [0.25, 0.3) is 5.91 Å². The molecule has 1 amide bonds. The molecule has 3 aromatic rings. The Kier molecular flexibility index (Phi) is 6.73. The molecule has 0 bridgehead atoms. The first-order chi connectivity index (χ1) is 14.0. The fraction of sp³-hybridized carbons (Fsp3) is 0.227. The van der Waals surface area contributed by atoms with Crippen molar-refractivity contribution in [2.75, 3.05) is 19.0 Å². The van der Waals surface area contributed by atoms with E-state index in [1.54, 1.807) is 32.2 Å². The SMILES string of the molecule is COc1ccc(CNc2cc(C(=O)NCCc3ccc(F)cc3)nc(C)n2)cc1. The third kappa shape index (κ3) is 6.00. The second-order valence-corrected chi connectivity index (χ2v) is 6.52. The summed E-state index contributed by atoms with van der Waals surface area (Å²) in [5.74, 6) is 1.34. The molecule has 1 aromatic heterocycles. The molecule has 0 atom stereocenters. The minimum atomic E-state index is -0.274. The van der Waals surface area contributed by atoms with E-state index in [-0.39, 0.29) is 11.7 Å². The molecule has 2 N–H and O–H groups in total. The van der Waals surface area contributed by atoms with Crippen LogP contribution in [0.2, 0.25) is 0 Å². The number of aryl methyl sites for hydroxylation is 1. The van der Waals surface area contributed by atoms with Gasteiger partial charge in [0.1, 0.15) is 28.9 Å². The van der Waals surface area contributed by atoms with Crippen molar-refractivity contribution in [1.82, 2.24) is 15.3 Å². The number of halogens is 1. The third-order valence-electron chi connectivity index (χ3n) is 4.32. The van der Waals surface area contributed by atoms with Crippen LogP contribution in [0, 0.1) is 12.7 Å². The number of nitrogens with one attached hydrogen (secondary N) is 2. The fourth-order valence-corrected chi connectivity index (χ4v) is 2.77. The van der Waals surface area contributed by atoms with Crippen LogP contribution in [0.15, 0.2) is 54.6 Å². The van der Waals surface area contributed by atoms with Gasteiger partial charge in [0.15, 0.2) is 0 Å². The summed E-state index contributed by atoms with van der Waals surface area (Å²) in [6.45, 7) is 2.74. The number of methoxy groups -OCH3 is 1. The van der Waals surface area contributed by atoms with E-state index in [1.165, 1.54) is 12.1 Å². The third-order valence-corrected chi connectivity index (χ3v) is 4.32. The van der Waals surface area contributed by atoms with E-state index >= 15 is 0 Å². The molecule has 3 rings (SSSR count). The van der Waals surface area contributed by atoms with Gasteiger partial charge in [0, 0.05) is 19.2 Å². The normalized spacial score (nSPS) is 10.4. The van der Waals surface area contributed by atoms with Gasteiger partial charge in [0.05, 0.1) is 7.11 Å². The molecule has 7 heteroatoms. The van der Waals surface area contributed by atoms with Crippen molar-refractivity contribution in [3.05, 3.63) is 83.1 Å². The van der Waals surface area contributed by atoms with E-state index in [4.69, 9.17) is 4.74 Å². The van der Waals surface area contributed by atoms with Gasteiger partial charge < -0.3 is 15.4 Å². The number of rotatable bonds is 8. The highest BCUT2D eigenvalue weighted by Crippen LogP contribution is 2.13. The maximum Gasteiger partial charge on any atom is 0.270 e. The Morgan fingerprint density at radius 1 is 1.03 bits per heavy atom. The number of benzene rings is 2. The van der Waals surface area contributed by atoms with Crippen LogP contribution < -0.4 is 15.4 Å². The summed E-state index contributed by atoms with van der Waals surface area (Å²) in [5.41, 5.74) is 2.31. The van der Waals surface area contributed by atoms with Crippen LogP contribution >= 0.6 is 0 Å². The molecule has 29 heavy (non-hydrogen) atoms. The Bertz CT molecular complexity index is 960. The zero-order valence-corrected chi connectivity index (χ0v) is 16.4. The van der Waals surface area contributed by atoms with Gasteiger partial charge in [-0.25, -0.2) is 14.4 Å². The lowest BCUT2D eigenvalue weighted by Gasteiger charge is -2.10. The fourth-order valence-electron chi connectivity index (χ4n) is 2.77. The van der Waals surface area contributed by atoms with Crippen molar-refractivity contribution in [2.24, 2.45) is 0 Å². The van der Waals surface area contributed by atoms with Gasteiger partial charge in [-0.2, -0.15) is 0 Å². The number of hydrogen-bond acceptors (Lipinski definition) is 5. The molecular formula is C22H23FN4O2. The highest BCUT2D eigenvalue weighted by atomic mass is 19.1. The first-order valence-corrected chi connectivity index (χ1v) is 9.28. The lowest BCUT2D eigenvalue weighted by molar-refractivity contribution is 0.0949. The van der Waals surface area contributed by atoms with Crippen LogP contribution in [0.3, 0.4) is 0 Å². The Hall–Kier alpha value is -3.48. The van der Waals surface area contributed by atoms with Gasteiger partial charge in [-0.1, -0.05) is 24.3 Å². The molecule has 1 heterocycles. The summed E-state index contributed by atoms with van der Waals surface area (Å²) >= 11 is 0. The minimum absolute atomic E-state index is 0.273. The quantitative estimate of drug-likeness (QED) is 0.611. The molecular weight excluding hydrogens is 371 g/mol. The van der Waals surface area contributed by atoms with Gasteiger partial charge >= 0.3 is 0 Å². The lowest BCUT2D eigenvalue weighted by atomic mass is 10.1. The number of aromatic nitrogens is 2. The Morgan fingerprint density at radius 3 is 2.41 bits per heavy atom. The predicted molar refractivity (Wildman–Crippen MR) is 110 cm³/mol. The van der Waals surface area contributed by atoms with Gasteiger partial charge in [-0.05, 0) is 48.7 Å². The molecule has 0 unspecified atom stereocenters.